The zero-order valence-corrected chi connectivity index (χ0v) is 9.87. The molecule has 0 saturated heterocycles. The Balaban J connectivity index is 2.20. The van der Waals surface area contributed by atoms with Crippen LogP contribution in [0.1, 0.15) is 38.8 Å². The molecular formula is C13H22N2. The van der Waals surface area contributed by atoms with Crippen LogP contribution in [0.25, 0.3) is 0 Å². The lowest BCUT2D eigenvalue weighted by Gasteiger charge is -2.14. The van der Waals surface area contributed by atoms with Gasteiger partial charge in [-0.1, -0.05) is 19.9 Å². The first kappa shape index (κ1) is 12.2. The predicted molar refractivity (Wildman–Crippen MR) is 64.9 cm³/mol. The first-order valence-electron chi connectivity index (χ1n) is 6.00. The quantitative estimate of drug-likeness (QED) is 0.742. The van der Waals surface area contributed by atoms with Crippen molar-refractivity contribution in [1.82, 2.24) is 10.3 Å². The van der Waals surface area contributed by atoms with Gasteiger partial charge in [-0.2, -0.15) is 0 Å². The Hall–Kier alpha value is -0.890. The number of hydrogen-bond donors (Lipinski definition) is 1. The van der Waals surface area contributed by atoms with Crippen molar-refractivity contribution < 1.29 is 0 Å². The molecule has 1 N–H and O–H groups in total. The third-order valence-electron chi connectivity index (χ3n) is 2.70. The molecule has 1 rings (SSSR count). The highest BCUT2D eigenvalue weighted by atomic mass is 14.9. The van der Waals surface area contributed by atoms with Crippen molar-refractivity contribution in [2.24, 2.45) is 0 Å². The number of nitrogens with zero attached hydrogens (tertiary/aromatic N) is 1. The molecule has 0 fully saturated rings. The Labute approximate surface area is 93.1 Å². The van der Waals surface area contributed by atoms with Crippen LogP contribution in [0.3, 0.4) is 0 Å². The summed E-state index contributed by atoms with van der Waals surface area (Å²) in [5.41, 5.74) is 1.21. The minimum atomic E-state index is 0.679. The standard InChI is InChI=1S/C13H22N2/c1-3-12(14-4-2)9-7-10-13-8-5-6-11-15-13/h5-6,8,11-12,14H,3-4,7,9-10H2,1-2H3. The van der Waals surface area contributed by atoms with Gasteiger partial charge in [-0.15, -0.1) is 0 Å². The van der Waals surface area contributed by atoms with Crippen molar-refractivity contribution in [3.8, 4) is 0 Å². The van der Waals surface area contributed by atoms with E-state index < -0.39 is 0 Å². The summed E-state index contributed by atoms with van der Waals surface area (Å²) in [6, 6.07) is 6.81. The van der Waals surface area contributed by atoms with Gasteiger partial charge in [0.2, 0.25) is 0 Å². The van der Waals surface area contributed by atoms with Gasteiger partial charge in [0, 0.05) is 17.9 Å². The van der Waals surface area contributed by atoms with E-state index in [1.165, 1.54) is 25.0 Å². The average molecular weight is 206 g/mol. The molecule has 0 amide bonds. The Morgan fingerprint density at radius 3 is 2.80 bits per heavy atom. The zero-order valence-electron chi connectivity index (χ0n) is 9.87. The van der Waals surface area contributed by atoms with E-state index in [2.05, 4.69) is 36.3 Å². The Kier molecular flexibility index (Phi) is 6.02. The number of aromatic nitrogens is 1. The summed E-state index contributed by atoms with van der Waals surface area (Å²) in [7, 11) is 0. The van der Waals surface area contributed by atoms with Gasteiger partial charge in [-0.05, 0) is 44.4 Å². The topological polar surface area (TPSA) is 24.9 Å². The summed E-state index contributed by atoms with van der Waals surface area (Å²) in [5.74, 6) is 0. The van der Waals surface area contributed by atoms with Gasteiger partial charge >= 0.3 is 0 Å². The molecule has 2 heteroatoms. The van der Waals surface area contributed by atoms with Crippen molar-refractivity contribution in [2.45, 2.75) is 45.6 Å². The van der Waals surface area contributed by atoms with Crippen molar-refractivity contribution in [3.63, 3.8) is 0 Å². The maximum absolute atomic E-state index is 4.33. The van der Waals surface area contributed by atoms with E-state index in [4.69, 9.17) is 0 Å². The van der Waals surface area contributed by atoms with Crippen LogP contribution in [0.4, 0.5) is 0 Å². The molecule has 15 heavy (non-hydrogen) atoms. The van der Waals surface area contributed by atoms with E-state index >= 15 is 0 Å². The van der Waals surface area contributed by atoms with Gasteiger partial charge in [-0.25, -0.2) is 0 Å². The molecule has 0 aromatic carbocycles. The summed E-state index contributed by atoms with van der Waals surface area (Å²) >= 11 is 0. The molecule has 1 unspecified atom stereocenters. The van der Waals surface area contributed by atoms with Gasteiger partial charge in [-0.3, -0.25) is 4.98 Å². The number of hydrogen-bond acceptors (Lipinski definition) is 2. The van der Waals surface area contributed by atoms with Crippen molar-refractivity contribution >= 4 is 0 Å². The van der Waals surface area contributed by atoms with Crippen molar-refractivity contribution in [3.05, 3.63) is 30.1 Å². The second-order valence-corrected chi connectivity index (χ2v) is 3.88. The molecule has 0 bridgehead atoms. The minimum absolute atomic E-state index is 0.679. The molecule has 0 aliphatic rings. The lowest BCUT2D eigenvalue weighted by molar-refractivity contribution is 0.466. The molecule has 2 nitrogen and oxygen atoms in total. The maximum atomic E-state index is 4.33. The highest BCUT2D eigenvalue weighted by molar-refractivity contribution is 5.03. The van der Waals surface area contributed by atoms with Gasteiger partial charge < -0.3 is 5.32 Å². The third-order valence-corrected chi connectivity index (χ3v) is 2.70. The highest BCUT2D eigenvalue weighted by Gasteiger charge is 2.03. The smallest absolute Gasteiger partial charge is 0.0403 e. The summed E-state index contributed by atoms with van der Waals surface area (Å²) in [4.78, 5) is 4.33. The molecule has 84 valence electrons. The molecule has 0 aliphatic carbocycles. The van der Waals surface area contributed by atoms with Gasteiger partial charge in [0.25, 0.3) is 0 Å². The Morgan fingerprint density at radius 2 is 2.20 bits per heavy atom. The van der Waals surface area contributed by atoms with Gasteiger partial charge in [0.05, 0.1) is 0 Å². The highest BCUT2D eigenvalue weighted by Crippen LogP contribution is 2.06. The van der Waals surface area contributed by atoms with Gasteiger partial charge in [0.1, 0.15) is 0 Å². The molecule has 1 aromatic heterocycles. The summed E-state index contributed by atoms with van der Waals surface area (Å²) in [6.07, 6.45) is 6.67. The number of nitrogens with one attached hydrogen (secondary N) is 1. The Morgan fingerprint density at radius 1 is 1.33 bits per heavy atom. The van der Waals surface area contributed by atoms with E-state index in [-0.39, 0.29) is 0 Å². The predicted octanol–water partition coefficient (Wildman–Crippen LogP) is 2.79. The number of pyridine rings is 1. The summed E-state index contributed by atoms with van der Waals surface area (Å²) < 4.78 is 0. The average Bonchev–Trinajstić information content (AvgIpc) is 2.29. The van der Waals surface area contributed by atoms with E-state index in [0.29, 0.717) is 6.04 Å². The SMILES string of the molecule is CCNC(CC)CCCc1ccccn1. The molecule has 1 aromatic rings. The lowest BCUT2D eigenvalue weighted by Crippen LogP contribution is -2.28. The van der Waals surface area contributed by atoms with E-state index in [9.17, 15) is 0 Å². The molecule has 1 heterocycles. The second kappa shape index (κ2) is 7.41. The molecule has 0 radical (unpaired) electrons. The lowest BCUT2D eigenvalue weighted by atomic mass is 10.1. The largest absolute Gasteiger partial charge is 0.314 e. The monoisotopic (exact) mass is 206 g/mol. The molecule has 0 aliphatic heterocycles. The van der Waals surface area contributed by atoms with Crippen LogP contribution < -0.4 is 5.32 Å². The van der Waals surface area contributed by atoms with Crippen LogP contribution in [0, 0.1) is 0 Å². The molecular weight excluding hydrogens is 184 g/mol. The normalized spacial score (nSPS) is 12.7. The fourth-order valence-electron chi connectivity index (χ4n) is 1.81. The fraction of sp³-hybridized carbons (Fsp3) is 0.615. The van der Waals surface area contributed by atoms with Crippen LogP contribution in [-0.2, 0) is 6.42 Å². The van der Waals surface area contributed by atoms with E-state index in [1.807, 2.05) is 12.3 Å². The molecule has 0 saturated carbocycles. The van der Waals surface area contributed by atoms with Crippen LogP contribution in [-0.4, -0.2) is 17.6 Å². The first-order chi connectivity index (χ1) is 7.36. The van der Waals surface area contributed by atoms with Crippen molar-refractivity contribution in [2.75, 3.05) is 6.54 Å². The first-order valence-corrected chi connectivity index (χ1v) is 6.00. The van der Waals surface area contributed by atoms with E-state index in [1.54, 1.807) is 0 Å². The van der Waals surface area contributed by atoms with Crippen LogP contribution in [0.5, 0.6) is 0 Å². The molecule has 0 spiro atoms. The summed E-state index contributed by atoms with van der Waals surface area (Å²) in [5, 5.41) is 3.50. The Bertz CT molecular complexity index is 246. The summed E-state index contributed by atoms with van der Waals surface area (Å²) in [6.45, 7) is 5.48. The maximum Gasteiger partial charge on any atom is 0.0403 e. The van der Waals surface area contributed by atoms with Crippen LogP contribution in [0.2, 0.25) is 0 Å². The van der Waals surface area contributed by atoms with Crippen LogP contribution in [0.15, 0.2) is 24.4 Å². The van der Waals surface area contributed by atoms with Gasteiger partial charge in [0.15, 0.2) is 0 Å². The zero-order chi connectivity index (χ0) is 10.9. The second-order valence-electron chi connectivity index (χ2n) is 3.88. The minimum Gasteiger partial charge on any atom is -0.314 e. The van der Waals surface area contributed by atoms with Crippen molar-refractivity contribution in [1.29, 1.82) is 0 Å². The molecule has 1 atom stereocenters. The number of aryl methyl sites for hydroxylation is 1. The number of rotatable bonds is 7. The fourth-order valence-corrected chi connectivity index (χ4v) is 1.81. The van der Waals surface area contributed by atoms with E-state index in [0.717, 1.165) is 13.0 Å². The third kappa shape index (κ3) is 4.93. The van der Waals surface area contributed by atoms with Crippen LogP contribution >= 0.6 is 0 Å².